The molecule has 1 N–H and O–H groups in total. The largest absolute Gasteiger partial charge is 0.349 e. The number of hydrogen-bond acceptors (Lipinski definition) is 6. The molecule has 2 bridgehead atoms. The minimum atomic E-state index is -0.462. The van der Waals surface area contributed by atoms with Gasteiger partial charge in [-0.1, -0.05) is 0 Å². The molecule has 1 aliphatic carbocycles. The summed E-state index contributed by atoms with van der Waals surface area (Å²) in [5.74, 6) is 0.302. The molecule has 1 saturated heterocycles. The molecule has 0 spiro atoms. The van der Waals surface area contributed by atoms with Crippen molar-refractivity contribution in [3.63, 3.8) is 0 Å². The summed E-state index contributed by atoms with van der Waals surface area (Å²) in [6, 6.07) is 4.19. The van der Waals surface area contributed by atoms with Crippen molar-refractivity contribution in [3.05, 3.63) is 59.9 Å². The van der Waals surface area contributed by atoms with Crippen LogP contribution in [0.1, 0.15) is 28.8 Å². The van der Waals surface area contributed by atoms with E-state index in [1.807, 2.05) is 11.8 Å². The number of aryl methyl sites for hydroxylation is 1. The number of rotatable bonds is 4. The Kier molecular flexibility index (Phi) is 4.22. The normalized spacial score (nSPS) is 22.8. The number of halogens is 1. The molecule has 3 aromatic rings. The van der Waals surface area contributed by atoms with Gasteiger partial charge in [-0.25, -0.2) is 14.4 Å². The molecule has 148 valence electrons. The minimum Gasteiger partial charge on any atom is -0.349 e. The summed E-state index contributed by atoms with van der Waals surface area (Å²) < 4.78 is 14.0. The molecule has 3 heterocycles. The highest BCUT2D eigenvalue weighted by molar-refractivity contribution is 5.98. The summed E-state index contributed by atoms with van der Waals surface area (Å²) in [5, 5.41) is 11.6. The molecule has 3 atom stereocenters. The number of carbonyl (C=O) groups is 1. The lowest BCUT2D eigenvalue weighted by Crippen LogP contribution is -2.48. The Morgan fingerprint density at radius 1 is 1.17 bits per heavy atom. The third-order valence-corrected chi connectivity index (χ3v) is 5.66. The quantitative estimate of drug-likeness (QED) is 0.731. The van der Waals surface area contributed by atoms with Gasteiger partial charge in [0.05, 0.1) is 29.7 Å². The van der Waals surface area contributed by atoms with Gasteiger partial charge in [-0.05, 0) is 49.4 Å². The first kappa shape index (κ1) is 17.7. The maximum Gasteiger partial charge on any atom is 0.256 e. The van der Waals surface area contributed by atoms with Crippen LogP contribution in [0.5, 0.6) is 0 Å². The van der Waals surface area contributed by atoms with E-state index in [0.717, 1.165) is 18.4 Å². The van der Waals surface area contributed by atoms with Crippen LogP contribution >= 0.6 is 0 Å². The van der Waals surface area contributed by atoms with E-state index >= 15 is 0 Å². The lowest BCUT2D eigenvalue weighted by atomic mass is 10.0. The van der Waals surface area contributed by atoms with Gasteiger partial charge >= 0.3 is 0 Å². The fraction of sp³-hybridized carbons (Fsp3) is 0.350. The van der Waals surface area contributed by atoms with Crippen LogP contribution in [0, 0.1) is 18.7 Å². The van der Waals surface area contributed by atoms with Crippen molar-refractivity contribution < 1.29 is 9.18 Å². The molecule has 3 unspecified atom stereocenters. The monoisotopic (exact) mass is 393 g/mol. The number of nitrogens with zero attached hydrogens (tertiary/aromatic N) is 6. The standard InChI is InChI=1S/C20H20FN7O/c1-12-9-22-20(23-10-12)26-16-6-13-7-18(16)27(11-13)19(29)15-8-14(21)2-3-17(15)28-24-4-5-25-28/h2-5,8-10,13,16,18H,6-7,11H2,1H3,(H,22,23,26). The Balaban J connectivity index is 1.41. The van der Waals surface area contributed by atoms with E-state index in [1.165, 1.54) is 35.4 Å². The molecule has 1 saturated carbocycles. The number of hydrogen-bond donors (Lipinski definition) is 1. The number of benzene rings is 1. The third-order valence-electron chi connectivity index (χ3n) is 5.66. The summed E-state index contributed by atoms with van der Waals surface area (Å²) >= 11 is 0. The predicted octanol–water partition coefficient (Wildman–Crippen LogP) is 2.22. The maximum absolute atomic E-state index is 14.0. The van der Waals surface area contributed by atoms with Crippen molar-refractivity contribution in [1.82, 2.24) is 29.9 Å². The number of amides is 1. The van der Waals surface area contributed by atoms with Crippen LogP contribution in [0.15, 0.2) is 43.0 Å². The zero-order chi connectivity index (χ0) is 20.0. The predicted molar refractivity (Wildman–Crippen MR) is 103 cm³/mol. The second-order valence-electron chi connectivity index (χ2n) is 7.68. The van der Waals surface area contributed by atoms with Gasteiger partial charge in [0.1, 0.15) is 5.82 Å². The highest BCUT2D eigenvalue weighted by atomic mass is 19.1. The SMILES string of the molecule is Cc1cnc(NC2CC3CC2N(C(=O)c2cc(F)ccc2-n2nccn2)C3)nc1. The summed E-state index contributed by atoms with van der Waals surface area (Å²) in [6.45, 7) is 2.60. The number of fused-ring (bicyclic) bond motifs is 2. The van der Waals surface area contributed by atoms with Gasteiger partial charge in [0.25, 0.3) is 5.91 Å². The number of nitrogens with one attached hydrogen (secondary N) is 1. The molecule has 8 nitrogen and oxygen atoms in total. The molecular weight excluding hydrogens is 373 g/mol. The average molecular weight is 393 g/mol. The summed E-state index contributed by atoms with van der Waals surface area (Å²) in [5.41, 5.74) is 1.72. The second-order valence-corrected chi connectivity index (χ2v) is 7.68. The molecule has 2 fully saturated rings. The second kappa shape index (κ2) is 6.91. The van der Waals surface area contributed by atoms with Crippen LogP contribution in [0.4, 0.5) is 10.3 Å². The van der Waals surface area contributed by atoms with Crippen molar-refractivity contribution in [2.24, 2.45) is 5.92 Å². The van der Waals surface area contributed by atoms with Crippen LogP contribution in [0.2, 0.25) is 0 Å². The fourth-order valence-corrected chi connectivity index (χ4v) is 4.40. The maximum atomic E-state index is 14.0. The van der Waals surface area contributed by atoms with Crippen LogP contribution in [0.25, 0.3) is 5.69 Å². The minimum absolute atomic E-state index is 0.0131. The Bertz CT molecular complexity index is 1040. The molecule has 29 heavy (non-hydrogen) atoms. The van der Waals surface area contributed by atoms with Crippen LogP contribution in [-0.2, 0) is 0 Å². The molecule has 2 aromatic heterocycles. The van der Waals surface area contributed by atoms with E-state index in [-0.39, 0.29) is 23.6 Å². The van der Waals surface area contributed by atoms with Crippen LogP contribution in [0.3, 0.4) is 0 Å². The van der Waals surface area contributed by atoms with E-state index < -0.39 is 5.82 Å². The highest BCUT2D eigenvalue weighted by Gasteiger charge is 2.47. The Morgan fingerprint density at radius 2 is 1.93 bits per heavy atom. The zero-order valence-corrected chi connectivity index (χ0v) is 15.9. The van der Waals surface area contributed by atoms with Gasteiger partial charge < -0.3 is 10.2 Å². The van der Waals surface area contributed by atoms with Gasteiger partial charge in [0.15, 0.2) is 0 Å². The smallest absolute Gasteiger partial charge is 0.256 e. The number of piperidine rings is 1. The van der Waals surface area contributed by atoms with Gasteiger partial charge in [-0.2, -0.15) is 15.0 Å². The zero-order valence-electron chi connectivity index (χ0n) is 15.9. The van der Waals surface area contributed by atoms with Gasteiger partial charge in [0, 0.05) is 25.0 Å². The van der Waals surface area contributed by atoms with Gasteiger partial charge in [-0.15, -0.1) is 0 Å². The average Bonchev–Trinajstić information content (AvgIpc) is 3.46. The molecule has 0 radical (unpaired) electrons. The summed E-state index contributed by atoms with van der Waals surface area (Å²) in [7, 11) is 0. The van der Waals surface area contributed by atoms with Crippen LogP contribution in [-0.4, -0.2) is 54.4 Å². The first-order chi connectivity index (χ1) is 14.1. The summed E-state index contributed by atoms with van der Waals surface area (Å²) in [4.78, 5) is 25.2. The Hall–Kier alpha value is -3.36. The van der Waals surface area contributed by atoms with E-state index in [1.54, 1.807) is 12.4 Å². The molecule has 5 rings (SSSR count). The lowest BCUT2D eigenvalue weighted by molar-refractivity contribution is 0.0691. The lowest BCUT2D eigenvalue weighted by Gasteiger charge is -2.34. The first-order valence-electron chi connectivity index (χ1n) is 9.61. The van der Waals surface area contributed by atoms with E-state index in [4.69, 9.17) is 0 Å². The van der Waals surface area contributed by atoms with E-state index in [2.05, 4.69) is 25.5 Å². The van der Waals surface area contributed by atoms with E-state index in [0.29, 0.717) is 24.1 Å². The van der Waals surface area contributed by atoms with Gasteiger partial charge in [-0.3, -0.25) is 4.79 Å². The van der Waals surface area contributed by atoms with Gasteiger partial charge in [0.2, 0.25) is 5.95 Å². The van der Waals surface area contributed by atoms with Crippen molar-refractivity contribution in [1.29, 1.82) is 0 Å². The van der Waals surface area contributed by atoms with Crippen molar-refractivity contribution in [2.45, 2.75) is 31.8 Å². The Morgan fingerprint density at radius 3 is 2.66 bits per heavy atom. The Labute approximate surface area is 166 Å². The molecular formula is C20H20FN7O. The third kappa shape index (κ3) is 3.22. The van der Waals surface area contributed by atoms with Crippen LogP contribution < -0.4 is 5.32 Å². The molecule has 9 heteroatoms. The number of carbonyl (C=O) groups excluding carboxylic acids is 1. The topological polar surface area (TPSA) is 88.8 Å². The number of likely N-dealkylation sites (tertiary alicyclic amines) is 1. The molecule has 1 amide bonds. The summed E-state index contributed by atoms with van der Waals surface area (Å²) in [6.07, 6.45) is 8.46. The number of aromatic nitrogens is 5. The molecule has 1 aliphatic heterocycles. The fourth-order valence-electron chi connectivity index (χ4n) is 4.40. The van der Waals surface area contributed by atoms with Crippen molar-refractivity contribution in [3.8, 4) is 5.69 Å². The first-order valence-corrected chi connectivity index (χ1v) is 9.61. The molecule has 2 aliphatic rings. The van der Waals surface area contributed by atoms with E-state index in [9.17, 15) is 9.18 Å². The molecule has 1 aromatic carbocycles. The van der Waals surface area contributed by atoms with Crippen molar-refractivity contribution in [2.75, 3.05) is 11.9 Å². The highest BCUT2D eigenvalue weighted by Crippen LogP contribution is 2.40. The van der Waals surface area contributed by atoms with Crippen molar-refractivity contribution >= 4 is 11.9 Å². The number of anilines is 1.